The van der Waals surface area contributed by atoms with Gasteiger partial charge in [0.05, 0.1) is 0 Å². The van der Waals surface area contributed by atoms with Gasteiger partial charge in [-0.1, -0.05) is 69.3 Å². The summed E-state index contributed by atoms with van der Waals surface area (Å²) in [5.74, 6) is -1.64. The van der Waals surface area contributed by atoms with Gasteiger partial charge in [0.25, 0.3) is 0 Å². The minimum absolute atomic E-state index is 0.0871. The normalized spacial score (nSPS) is 15.2. The van der Waals surface area contributed by atoms with Gasteiger partial charge in [0.15, 0.2) is 0 Å². The Morgan fingerprint density at radius 2 is 1.58 bits per heavy atom. The number of alkyl carbamates (subject to hydrolysis) is 1. The SMILES string of the molecule is CCC(C)(NC(=O)[C@H](CC(C)C)NC(=O)OCC1c2ccccc2-c2ccccc21)C(=O)O. The summed E-state index contributed by atoms with van der Waals surface area (Å²) in [6.45, 7) is 7.13. The van der Waals surface area contributed by atoms with Crippen molar-refractivity contribution in [2.24, 2.45) is 5.92 Å². The van der Waals surface area contributed by atoms with Gasteiger partial charge in [-0.15, -0.1) is 0 Å². The lowest BCUT2D eigenvalue weighted by atomic mass is 9.97. The summed E-state index contributed by atoms with van der Waals surface area (Å²) in [5, 5.41) is 14.7. The number of carbonyl (C=O) groups is 3. The molecule has 2 aromatic rings. The van der Waals surface area contributed by atoms with Crippen LogP contribution in [0, 0.1) is 5.92 Å². The lowest BCUT2D eigenvalue weighted by Gasteiger charge is -2.28. The molecule has 0 bridgehead atoms. The van der Waals surface area contributed by atoms with Gasteiger partial charge in [-0.25, -0.2) is 9.59 Å². The lowest BCUT2D eigenvalue weighted by molar-refractivity contribution is -0.147. The third-order valence-electron chi connectivity index (χ3n) is 6.24. The van der Waals surface area contributed by atoms with Gasteiger partial charge in [0.1, 0.15) is 18.2 Å². The molecule has 0 spiro atoms. The monoisotopic (exact) mass is 452 g/mol. The van der Waals surface area contributed by atoms with Crippen molar-refractivity contribution in [2.75, 3.05) is 6.61 Å². The summed E-state index contributed by atoms with van der Waals surface area (Å²) < 4.78 is 5.56. The van der Waals surface area contributed by atoms with Crippen LogP contribution in [-0.2, 0) is 14.3 Å². The van der Waals surface area contributed by atoms with E-state index in [4.69, 9.17) is 4.74 Å². The van der Waals surface area contributed by atoms with E-state index in [0.29, 0.717) is 6.42 Å². The second-order valence-electron chi connectivity index (χ2n) is 9.13. The minimum Gasteiger partial charge on any atom is -0.480 e. The van der Waals surface area contributed by atoms with E-state index in [2.05, 4.69) is 22.8 Å². The highest BCUT2D eigenvalue weighted by Gasteiger charge is 2.36. The van der Waals surface area contributed by atoms with E-state index in [0.717, 1.165) is 22.3 Å². The first-order valence-electron chi connectivity index (χ1n) is 11.3. The van der Waals surface area contributed by atoms with Crippen LogP contribution in [0.25, 0.3) is 11.1 Å². The highest BCUT2D eigenvalue weighted by molar-refractivity contribution is 5.91. The Morgan fingerprint density at radius 1 is 1.03 bits per heavy atom. The molecule has 0 radical (unpaired) electrons. The topological polar surface area (TPSA) is 105 Å². The fourth-order valence-corrected chi connectivity index (χ4v) is 4.14. The van der Waals surface area contributed by atoms with Crippen molar-refractivity contribution in [3.63, 3.8) is 0 Å². The van der Waals surface area contributed by atoms with Crippen LogP contribution in [0.2, 0.25) is 0 Å². The van der Waals surface area contributed by atoms with Crippen LogP contribution in [0.4, 0.5) is 4.79 Å². The maximum Gasteiger partial charge on any atom is 0.407 e. The zero-order valence-corrected chi connectivity index (χ0v) is 19.6. The number of aliphatic carboxylic acids is 1. The molecular weight excluding hydrogens is 420 g/mol. The van der Waals surface area contributed by atoms with Crippen molar-refractivity contribution in [1.29, 1.82) is 0 Å². The van der Waals surface area contributed by atoms with Crippen molar-refractivity contribution in [2.45, 2.75) is 58.0 Å². The Labute approximate surface area is 194 Å². The lowest BCUT2D eigenvalue weighted by Crippen LogP contribution is -2.57. The predicted molar refractivity (Wildman–Crippen MR) is 126 cm³/mol. The molecule has 1 aliphatic rings. The van der Waals surface area contributed by atoms with Crippen molar-refractivity contribution < 1.29 is 24.2 Å². The number of hydrogen-bond acceptors (Lipinski definition) is 4. The highest BCUT2D eigenvalue weighted by Crippen LogP contribution is 2.44. The van der Waals surface area contributed by atoms with Gasteiger partial charge in [-0.3, -0.25) is 4.79 Å². The van der Waals surface area contributed by atoms with Crippen LogP contribution < -0.4 is 10.6 Å². The molecule has 2 aromatic carbocycles. The average Bonchev–Trinajstić information content (AvgIpc) is 3.10. The Morgan fingerprint density at radius 3 is 2.06 bits per heavy atom. The van der Waals surface area contributed by atoms with Crippen LogP contribution in [-0.4, -0.2) is 41.3 Å². The Hall–Kier alpha value is -3.35. The molecule has 0 heterocycles. The average molecular weight is 453 g/mol. The minimum atomic E-state index is -1.41. The van der Waals surface area contributed by atoms with Crippen LogP contribution in [0.15, 0.2) is 48.5 Å². The first-order valence-corrected chi connectivity index (χ1v) is 11.3. The Balaban J connectivity index is 1.69. The third kappa shape index (κ3) is 5.35. The third-order valence-corrected chi connectivity index (χ3v) is 6.24. The van der Waals surface area contributed by atoms with E-state index < -0.39 is 29.6 Å². The second kappa shape index (κ2) is 10.1. The molecule has 3 rings (SSSR count). The molecule has 0 fully saturated rings. The Kier molecular flexibility index (Phi) is 7.41. The number of carbonyl (C=O) groups excluding carboxylic acids is 2. The predicted octanol–water partition coefficient (Wildman–Crippen LogP) is 4.31. The zero-order valence-electron chi connectivity index (χ0n) is 19.6. The van der Waals surface area contributed by atoms with Crippen LogP contribution in [0.3, 0.4) is 0 Å². The molecule has 0 saturated heterocycles. The van der Waals surface area contributed by atoms with E-state index >= 15 is 0 Å². The fourth-order valence-electron chi connectivity index (χ4n) is 4.14. The van der Waals surface area contributed by atoms with Crippen molar-refractivity contribution >= 4 is 18.0 Å². The summed E-state index contributed by atoms with van der Waals surface area (Å²) in [4.78, 5) is 37.1. The molecule has 7 nitrogen and oxygen atoms in total. The number of hydrogen-bond donors (Lipinski definition) is 3. The first kappa shape index (κ1) is 24.3. The Bertz CT molecular complexity index is 989. The molecular formula is C26H32N2O5. The van der Waals surface area contributed by atoms with Crippen molar-refractivity contribution in [1.82, 2.24) is 10.6 Å². The number of rotatable bonds is 9. The van der Waals surface area contributed by atoms with Crippen LogP contribution in [0.1, 0.15) is 57.6 Å². The fraction of sp³-hybridized carbons (Fsp3) is 0.423. The standard InChI is InChI=1S/C26H32N2O5/c1-5-26(4,24(30)31)28-23(29)22(14-16(2)3)27-25(32)33-15-21-19-12-8-6-10-17(19)18-11-7-9-13-20(18)21/h6-13,16,21-22H,5,14-15H2,1-4H3,(H,27,32)(H,28,29)(H,30,31)/t22-,26?/m0/s1. The van der Waals surface area contributed by atoms with Gasteiger partial charge in [-0.2, -0.15) is 0 Å². The number of nitrogens with one attached hydrogen (secondary N) is 2. The molecule has 0 aliphatic heterocycles. The number of carboxylic acids is 1. The quantitative estimate of drug-likeness (QED) is 0.526. The van der Waals surface area contributed by atoms with Gasteiger partial charge < -0.3 is 20.5 Å². The van der Waals surface area contributed by atoms with Crippen LogP contribution >= 0.6 is 0 Å². The van der Waals surface area contributed by atoms with E-state index in [1.54, 1.807) is 6.92 Å². The molecule has 176 valence electrons. The highest BCUT2D eigenvalue weighted by atomic mass is 16.5. The smallest absolute Gasteiger partial charge is 0.407 e. The van der Waals surface area contributed by atoms with Gasteiger partial charge >= 0.3 is 12.1 Å². The van der Waals surface area contributed by atoms with E-state index in [1.807, 2.05) is 50.2 Å². The maximum atomic E-state index is 12.8. The molecule has 0 saturated carbocycles. The maximum absolute atomic E-state index is 12.8. The van der Waals surface area contributed by atoms with Crippen molar-refractivity contribution in [3.8, 4) is 11.1 Å². The molecule has 2 amide bonds. The van der Waals surface area contributed by atoms with Crippen molar-refractivity contribution in [3.05, 3.63) is 59.7 Å². The number of ether oxygens (including phenoxy) is 1. The first-order chi connectivity index (χ1) is 15.7. The molecule has 2 atom stereocenters. The summed E-state index contributed by atoms with van der Waals surface area (Å²) >= 11 is 0. The molecule has 1 unspecified atom stereocenters. The molecule has 33 heavy (non-hydrogen) atoms. The van der Waals surface area contributed by atoms with Crippen LogP contribution in [0.5, 0.6) is 0 Å². The summed E-state index contributed by atoms with van der Waals surface area (Å²) in [6.07, 6.45) is -0.130. The summed E-state index contributed by atoms with van der Waals surface area (Å²) in [7, 11) is 0. The molecule has 0 aromatic heterocycles. The summed E-state index contributed by atoms with van der Waals surface area (Å²) in [5.41, 5.74) is 3.06. The van der Waals surface area contributed by atoms with Gasteiger partial charge in [0, 0.05) is 5.92 Å². The summed E-state index contributed by atoms with van der Waals surface area (Å²) in [6, 6.07) is 15.2. The molecule has 3 N–H and O–H groups in total. The number of carboxylic acid groups (broad SMARTS) is 1. The second-order valence-corrected chi connectivity index (χ2v) is 9.13. The van der Waals surface area contributed by atoms with Gasteiger partial charge in [0.2, 0.25) is 5.91 Å². The molecule has 1 aliphatic carbocycles. The van der Waals surface area contributed by atoms with Gasteiger partial charge in [-0.05, 0) is 47.9 Å². The largest absolute Gasteiger partial charge is 0.480 e. The van der Waals surface area contributed by atoms with E-state index in [9.17, 15) is 19.5 Å². The number of amides is 2. The number of fused-ring (bicyclic) bond motifs is 3. The number of benzene rings is 2. The van der Waals surface area contributed by atoms with E-state index in [-0.39, 0.29) is 24.9 Å². The molecule has 7 heteroatoms. The zero-order chi connectivity index (χ0) is 24.2. The van der Waals surface area contributed by atoms with E-state index in [1.165, 1.54) is 6.92 Å².